The number of hydrogen-bond donors (Lipinski definition) is 0. The summed E-state index contributed by atoms with van der Waals surface area (Å²) in [5.41, 5.74) is 7.52. The first-order valence-corrected chi connectivity index (χ1v) is 9.31. The quantitative estimate of drug-likeness (QED) is 0.502. The van der Waals surface area contributed by atoms with Gasteiger partial charge in [-0.25, -0.2) is 4.98 Å². The molecule has 1 atom stereocenters. The molecule has 3 aromatic rings. The summed E-state index contributed by atoms with van der Waals surface area (Å²) in [6, 6.07) is 17.8. The summed E-state index contributed by atoms with van der Waals surface area (Å²) in [4.78, 5) is 4.99. The van der Waals surface area contributed by atoms with Crippen LogP contribution in [-0.2, 0) is 5.41 Å². The monoisotopic (exact) mass is 331 g/mol. The number of aromatic nitrogens is 1. The van der Waals surface area contributed by atoms with Crippen molar-refractivity contribution in [2.45, 2.75) is 59.3 Å². The predicted molar refractivity (Wildman–Crippen MR) is 109 cm³/mol. The maximum absolute atomic E-state index is 4.99. The number of pyridine rings is 1. The van der Waals surface area contributed by atoms with Crippen LogP contribution in [0.5, 0.6) is 0 Å². The molecule has 1 heteroatoms. The molecule has 0 spiro atoms. The highest BCUT2D eigenvalue weighted by molar-refractivity contribution is 5.82. The third kappa shape index (κ3) is 3.76. The average molecular weight is 332 g/mol. The van der Waals surface area contributed by atoms with Gasteiger partial charge in [0.25, 0.3) is 0 Å². The van der Waals surface area contributed by atoms with Gasteiger partial charge < -0.3 is 0 Å². The lowest BCUT2D eigenvalue weighted by Crippen LogP contribution is -2.11. The number of rotatable bonds is 3. The van der Waals surface area contributed by atoms with Crippen molar-refractivity contribution in [1.29, 1.82) is 0 Å². The van der Waals surface area contributed by atoms with Gasteiger partial charge in [-0.2, -0.15) is 0 Å². The number of aryl methyl sites for hydroxylation is 1. The lowest BCUT2D eigenvalue weighted by molar-refractivity contribution is 0.590. The third-order valence-corrected chi connectivity index (χ3v) is 5.14. The molecule has 0 N–H and O–H groups in total. The molecular formula is C24H29N. The second-order valence-electron chi connectivity index (χ2n) is 8.30. The first-order chi connectivity index (χ1) is 11.8. The highest BCUT2D eigenvalue weighted by atomic mass is 14.7. The molecule has 130 valence electrons. The van der Waals surface area contributed by atoms with Crippen LogP contribution < -0.4 is 0 Å². The minimum Gasteiger partial charge on any atom is -0.248 e. The van der Waals surface area contributed by atoms with E-state index in [2.05, 4.69) is 90.1 Å². The Bertz CT molecular complexity index is 900. The maximum Gasteiger partial charge on any atom is 0.0712 e. The topological polar surface area (TPSA) is 12.9 Å². The smallest absolute Gasteiger partial charge is 0.0712 e. The SMILES string of the molecule is CCC(C)c1ccc2ccc(-c3cc(C)cc(C(C)(C)C)c3)nc2c1. The zero-order valence-corrected chi connectivity index (χ0v) is 16.4. The van der Waals surface area contributed by atoms with Crippen molar-refractivity contribution in [3.05, 3.63) is 65.2 Å². The van der Waals surface area contributed by atoms with Crippen molar-refractivity contribution >= 4 is 10.9 Å². The van der Waals surface area contributed by atoms with Crippen LogP contribution in [0.3, 0.4) is 0 Å². The Hall–Kier alpha value is -2.15. The Labute approximate surface area is 152 Å². The van der Waals surface area contributed by atoms with Crippen LogP contribution in [0.2, 0.25) is 0 Å². The molecular weight excluding hydrogens is 302 g/mol. The summed E-state index contributed by atoms with van der Waals surface area (Å²) in [6.07, 6.45) is 1.15. The van der Waals surface area contributed by atoms with Crippen molar-refractivity contribution in [3.63, 3.8) is 0 Å². The second-order valence-corrected chi connectivity index (χ2v) is 8.30. The molecule has 0 saturated carbocycles. The van der Waals surface area contributed by atoms with Crippen molar-refractivity contribution in [2.75, 3.05) is 0 Å². The maximum atomic E-state index is 4.99. The van der Waals surface area contributed by atoms with Crippen molar-refractivity contribution in [2.24, 2.45) is 0 Å². The van der Waals surface area contributed by atoms with E-state index in [0.717, 1.165) is 17.6 Å². The van der Waals surface area contributed by atoms with E-state index in [1.165, 1.54) is 27.6 Å². The van der Waals surface area contributed by atoms with E-state index in [4.69, 9.17) is 4.98 Å². The molecule has 1 nitrogen and oxygen atoms in total. The molecule has 0 saturated heterocycles. The van der Waals surface area contributed by atoms with Crippen molar-refractivity contribution in [1.82, 2.24) is 4.98 Å². The second kappa shape index (κ2) is 6.63. The Balaban J connectivity index is 2.11. The first-order valence-electron chi connectivity index (χ1n) is 9.31. The highest BCUT2D eigenvalue weighted by Crippen LogP contribution is 2.30. The van der Waals surface area contributed by atoms with Crippen LogP contribution in [0.25, 0.3) is 22.2 Å². The van der Waals surface area contributed by atoms with E-state index in [1.807, 2.05) is 0 Å². The summed E-state index contributed by atoms with van der Waals surface area (Å²) in [5, 5.41) is 1.21. The number of fused-ring (bicyclic) bond motifs is 1. The molecule has 0 aliphatic heterocycles. The summed E-state index contributed by atoms with van der Waals surface area (Å²) < 4.78 is 0. The lowest BCUT2D eigenvalue weighted by Gasteiger charge is -2.21. The minimum atomic E-state index is 0.140. The standard InChI is InChI=1S/C24H29N/c1-7-17(3)19-9-8-18-10-11-22(25-23(18)15-19)20-12-16(2)13-21(14-20)24(4,5)6/h8-15,17H,7H2,1-6H3. The summed E-state index contributed by atoms with van der Waals surface area (Å²) in [5.74, 6) is 0.571. The Morgan fingerprint density at radius 3 is 2.36 bits per heavy atom. The molecule has 1 heterocycles. The third-order valence-electron chi connectivity index (χ3n) is 5.14. The first kappa shape index (κ1) is 17.7. The minimum absolute atomic E-state index is 0.140. The summed E-state index contributed by atoms with van der Waals surface area (Å²) in [7, 11) is 0. The van der Waals surface area contributed by atoms with Gasteiger partial charge in [0.2, 0.25) is 0 Å². The van der Waals surface area contributed by atoms with Gasteiger partial charge in [0.1, 0.15) is 0 Å². The van der Waals surface area contributed by atoms with Gasteiger partial charge in [-0.1, -0.05) is 64.4 Å². The normalized spacial score (nSPS) is 13.2. The highest BCUT2D eigenvalue weighted by Gasteiger charge is 2.15. The number of hydrogen-bond acceptors (Lipinski definition) is 1. The van der Waals surface area contributed by atoms with Crippen LogP contribution in [0.1, 0.15) is 63.6 Å². The van der Waals surface area contributed by atoms with E-state index >= 15 is 0 Å². The Kier molecular flexibility index (Phi) is 4.69. The molecule has 0 aliphatic carbocycles. The average Bonchev–Trinajstić information content (AvgIpc) is 2.58. The zero-order valence-electron chi connectivity index (χ0n) is 16.4. The predicted octanol–water partition coefficient (Wildman–Crippen LogP) is 7.02. The van der Waals surface area contributed by atoms with Gasteiger partial charge in [0, 0.05) is 10.9 Å². The summed E-state index contributed by atoms with van der Waals surface area (Å²) in [6.45, 7) is 13.5. The Morgan fingerprint density at radius 2 is 1.68 bits per heavy atom. The van der Waals surface area contributed by atoms with Crippen LogP contribution in [0.4, 0.5) is 0 Å². The fourth-order valence-corrected chi connectivity index (χ4v) is 3.20. The molecule has 0 bridgehead atoms. The molecule has 1 unspecified atom stereocenters. The van der Waals surface area contributed by atoms with Gasteiger partial charge in [0.15, 0.2) is 0 Å². The largest absolute Gasteiger partial charge is 0.248 e. The van der Waals surface area contributed by atoms with E-state index in [9.17, 15) is 0 Å². The van der Waals surface area contributed by atoms with Gasteiger partial charge in [-0.15, -0.1) is 0 Å². The van der Waals surface area contributed by atoms with Crippen LogP contribution in [0.15, 0.2) is 48.5 Å². The summed E-state index contributed by atoms with van der Waals surface area (Å²) >= 11 is 0. The van der Waals surface area contributed by atoms with Gasteiger partial charge in [0.05, 0.1) is 11.2 Å². The molecule has 0 radical (unpaired) electrons. The molecule has 0 amide bonds. The molecule has 2 aromatic carbocycles. The molecule has 0 fully saturated rings. The van der Waals surface area contributed by atoms with Gasteiger partial charge in [-0.3, -0.25) is 0 Å². The zero-order chi connectivity index (χ0) is 18.2. The van der Waals surface area contributed by atoms with E-state index in [1.54, 1.807) is 0 Å². The van der Waals surface area contributed by atoms with Crippen LogP contribution >= 0.6 is 0 Å². The molecule has 25 heavy (non-hydrogen) atoms. The molecule has 0 aliphatic rings. The van der Waals surface area contributed by atoms with Crippen LogP contribution in [-0.4, -0.2) is 4.98 Å². The van der Waals surface area contributed by atoms with Gasteiger partial charge >= 0.3 is 0 Å². The molecule has 3 rings (SSSR count). The van der Waals surface area contributed by atoms with Crippen molar-refractivity contribution < 1.29 is 0 Å². The van der Waals surface area contributed by atoms with Crippen molar-refractivity contribution in [3.8, 4) is 11.3 Å². The number of benzene rings is 2. The lowest BCUT2D eigenvalue weighted by atomic mass is 9.85. The van der Waals surface area contributed by atoms with Crippen LogP contribution in [0, 0.1) is 6.92 Å². The molecule has 1 aromatic heterocycles. The Morgan fingerprint density at radius 1 is 0.960 bits per heavy atom. The van der Waals surface area contributed by atoms with E-state index in [0.29, 0.717) is 5.92 Å². The van der Waals surface area contributed by atoms with E-state index < -0.39 is 0 Å². The van der Waals surface area contributed by atoms with Gasteiger partial charge in [-0.05, 0) is 60.1 Å². The fraction of sp³-hybridized carbons (Fsp3) is 0.375. The fourth-order valence-electron chi connectivity index (χ4n) is 3.20. The van der Waals surface area contributed by atoms with E-state index in [-0.39, 0.29) is 5.41 Å². The number of nitrogens with zero attached hydrogens (tertiary/aromatic N) is 1.